The van der Waals surface area contributed by atoms with E-state index < -0.39 is 9.84 Å². The van der Waals surface area contributed by atoms with Gasteiger partial charge >= 0.3 is 0 Å². The molecule has 1 aromatic carbocycles. The average molecular weight is 288 g/mol. The summed E-state index contributed by atoms with van der Waals surface area (Å²) in [6.07, 6.45) is 0.512. The Morgan fingerprint density at radius 2 is 1.94 bits per heavy atom. The molecule has 1 atom stereocenters. The van der Waals surface area contributed by atoms with Gasteiger partial charge < -0.3 is 4.90 Å². The minimum atomic E-state index is -2.98. The molecule has 6 heteroatoms. The van der Waals surface area contributed by atoms with Crippen molar-refractivity contribution in [2.45, 2.75) is 12.5 Å². The van der Waals surface area contributed by atoms with Gasteiger partial charge in [-0.25, -0.2) is 8.42 Å². The number of amides is 1. The molecule has 0 aromatic heterocycles. The van der Waals surface area contributed by atoms with Crippen molar-refractivity contribution in [1.29, 1.82) is 0 Å². The van der Waals surface area contributed by atoms with Crippen LogP contribution in [-0.4, -0.2) is 43.8 Å². The van der Waals surface area contributed by atoms with Crippen LogP contribution < -0.4 is 0 Å². The van der Waals surface area contributed by atoms with Gasteiger partial charge in [0, 0.05) is 23.7 Å². The Balaban J connectivity index is 2.12. The van der Waals surface area contributed by atoms with E-state index in [9.17, 15) is 13.2 Å². The zero-order chi connectivity index (χ0) is 13.3. The van der Waals surface area contributed by atoms with Crippen molar-refractivity contribution in [3.05, 3.63) is 34.9 Å². The first-order chi connectivity index (χ1) is 8.39. The van der Waals surface area contributed by atoms with Crippen LogP contribution in [0.1, 0.15) is 16.8 Å². The number of hydrogen-bond donors (Lipinski definition) is 0. The smallest absolute Gasteiger partial charge is 0.253 e. The number of hydrogen-bond acceptors (Lipinski definition) is 3. The highest BCUT2D eigenvalue weighted by Crippen LogP contribution is 2.19. The fourth-order valence-corrected chi connectivity index (χ4v) is 3.94. The number of benzene rings is 1. The fourth-order valence-electron chi connectivity index (χ4n) is 2.04. The van der Waals surface area contributed by atoms with E-state index in [4.69, 9.17) is 11.6 Å². The van der Waals surface area contributed by atoms with Gasteiger partial charge in [-0.05, 0) is 30.7 Å². The number of nitrogens with zero attached hydrogens (tertiary/aromatic N) is 1. The van der Waals surface area contributed by atoms with E-state index in [-0.39, 0.29) is 23.5 Å². The summed E-state index contributed by atoms with van der Waals surface area (Å²) in [7, 11) is -1.34. The van der Waals surface area contributed by atoms with Gasteiger partial charge in [-0.15, -0.1) is 0 Å². The summed E-state index contributed by atoms with van der Waals surface area (Å²) in [5.74, 6) is 0.0485. The van der Waals surface area contributed by atoms with Gasteiger partial charge in [0.15, 0.2) is 9.84 Å². The molecule has 0 N–H and O–H groups in total. The first kappa shape index (κ1) is 13.4. The van der Waals surface area contributed by atoms with Gasteiger partial charge in [0.05, 0.1) is 11.5 Å². The van der Waals surface area contributed by atoms with E-state index >= 15 is 0 Å². The molecular formula is C12H14ClNO3S. The number of rotatable bonds is 2. The molecule has 0 bridgehead atoms. The van der Waals surface area contributed by atoms with E-state index in [1.54, 1.807) is 31.3 Å². The molecule has 4 nitrogen and oxygen atoms in total. The second-order valence-electron chi connectivity index (χ2n) is 4.48. The second-order valence-corrected chi connectivity index (χ2v) is 7.14. The standard InChI is InChI=1S/C12H14ClNO3S/c1-14(11-6-7-18(16,17)8-11)12(15)9-2-4-10(13)5-3-9/h2-5,11H,6-8H2,1H3. The Morgan fingerprint density at radius 1 is 1.33 bits per heavy atom. The minimum Gasteiger partial charge on any atom is -0.338 e. The maximum absolute atomic E-state index is 12.1. The number of carbonyl (C=O) groups excluding carboxylic acids is 1. The summed E-state index contributed by atoms with van der Waals surface area (Å²) < 4.78 is 22.8. The molecule has 1 saturated heterocycles. The largest absolute Gasteiger partial charge is 0.338 e. The Bertz CT molecular complexity index is 553. The summed E-state index contributed by atoms with van der Waals surface area (Å²) in [5, 5.41) is 0.567. The van der Waals surface area contributed by atoms with Crippen molar-refractivity contribution >= 4 is 27.3 Å². The predicted octanol–water partition coefficient (Wildman–Crippen LogP) is 1.60. The van der Waals surface area contributed by atoms with Crippen LogP contribution >= 0.6 is 11.6 Å². The lowest BCUT2D eigenvalue weighted by Crippen LogP contribution is -2.37. The number of halogens is 1. The maximum atomic E-state index is 12.1. The van der Waals surface area contributed by atoms with E-state index in [1.165, 1.54) is 4.90 Å². The third-order valence-corrected chi connectivity index (χ3v) is 5.17. The quantitative estimate of drug-likeness (QED) is 0.830. The third kappa shape index (κ3) is 2.84. The van der Waals surface area contributed by atoms with Crippen molar-refractivity contribution in [3.8, 4) is 0 Å². The van der Waals surface area contributed by atoms with Crippen LogP contribution in [0.3, 0.4) is 0 Å². The van der Waals surface area contributed by atoms with Crippen molar-refractivity contribution in [2.24, 2.45) is 0 Å². The molecule has 2 rings (SSSR count). The van der Waals surface area contributed by atoms with Gasteiger partial charge in [-0.2, -0.15) is 0 Å². The molecular weight excluding hydrogens is 274 g/mol. The lowest BCUT2D eigenvalue weighted by molar-refractivity contribution is 0.0747. The molecule has 1 fully saturated rings. The first-order valence-corrected chi connectivity index (χ1v) is 7.82. The monoisotopic (exact) mass is 287 g/mol. The van der Waals surface area contributed by atoms with E-state index in [0.717, 1.165) is 0 Å². The Kier molecular flexibility index (Phi) is 3.64. The fraction of sp³-hybridized carbons (Fsp3) is 0.417. The SMILES string of the molecule is CN(C(=O)c1ccc(Cl)cc1)C1CCS(=O)(=O)C1. The molecule has 1 amide bonds. The van der Waals surface area contributed by atoms with E-state index in [1.807, 2.05) is 0 Å². The minimum absolute atomic E-state index is 0.0584. The zero-order valence-electron chi connectivity index (χ0n) is 9.97. The third-order valence-electron chi connectivity index (χ3n) is 3.17. The highest BCUT2D eigenvalue weighted by atomic mass is 35.5. The summed E-state index contributed by atoms with van der Waals surface area (Å²) in [4.78, 5) is 13.6. The topological polar surface area (TPSA) is 54.5 Å². The van der Waals surface area contributed by atoms with Gasteiger partial charge in [0.25, 0.3) is 5.91 Å². The van der Waals surface area contributed by atoms with Crippen molar-refractivity contribution in [2.75, 3.05) is 18.6 Å². The molecule has 0 aliphatic carbocycles. The molecule has 1 aromatic rings. The number of carbonyl (C=O) groups is 1. The summed E-state index contributed by atoms with van der Waals surface area (Å²) in [6, 6.07) is 6.36. The molecule has 1 heterocycles. The maximum Gasteiger partial charge on any atom is 0.253 e. The molecule has 0 saturated carbocycles. The van der Waals surface area contributed by atoms with Gasteiger partial charge in [-0.1, -0.05) is 11.6 Å². The average Bonchev–Trinajstić information content (AvgIpc) is 2.69. The lowest BCUT2D eigenvalue weighted by atomic mass is 10.1. The van der Waals surface area contributed by atoms with Crippen LogP contribution in [0.15, 0.2) is 24.3 Å². The first-order valence-electron chi connectivity index (χ1n) is 5.62. The molecule has 0 radical (unpaired) electrons. The van der Waals surface area contributed by atoms with Crippen LogP contribution in [0.2, 0.25) is 5.02 Å². The normalized spacial score (nSPS) is 21.8. The Morgan fingerprint density at radius 3 is 2.44 bits per heavy atom. The van der Waals surface area contributed by atoms with Crippen molar-refractivity contribution < 1.29 is 13.2 Å². The van der Waals surface area contributed by atoms with Crippen molar-refractivity contribution in [3.63, 3.8) is 0 Å². The predicted molar refractivity (Wildman–Crippen MR) is 70.6 cm³/mol. The molecule has 98 valence electrons. The van der Waals surface area contributed by atoms with Gasteiger partial charge in [0.1, 0.15) is 0 Å². The van der Waals surface area contributed by atoms with Crippen LogP contribution in [0.25, 0.3) is 0 Å². The van der Waals surface area contributed by atoms with E-state index in [2.05, 4.69) is 0 Å². The van der Waals surface area contributed by atoms with Crippen LogP contribution in [0, 0.1) is 0 Å². The van der Waals surface area contributed by atoms with Crippen LogP contribution in [0.4, 0.5) is 0 Å². The van der Waals surface area contributed by atoms with Crippen LogP contribution in [-0.2, 0) is 9.84 Å². The van der Waals surface area contributed by atoms with E-state index in [0.29, 0.717) is 17.0 Å². The Hall–Kier alpha value is -1.07. The van der Waals surface area contributed by atoms with Gasteiger partial charge in [0.2, 0.25) is 0 Å². The molecule has 1 unspecified atom stereocenters. The number of sulfone groups is 1. The summed E-state index contributed by atoms with van der Waals surface area (Å²) in [5.41, 5.74) is 0.520. The summed E-state index contributed by atoms with van der Waals surface area (Å²) in [6.45, 7) is 0. The lowest BCUT2D eigenvalue weighted by Gasteiger charge is -2.23. The Labute approximate surface area is 111 Å². The molecule has 18 heavy (non-hydrogen) atoms. The second kappa shape index (κ2) is 4.90. The highest BCUT2D eigenvalue weighted by molar-refractivity contribution is 7.91. The molecule has 1 aliphatic heterocycles. The van der Waals surface area contributed by atoms with Gasteiger partial charge in [-0.3, -0.25) is 4.79 Å². The molecule has 1 aliphatic rings. The highest BCUT2D eigenvalue weighted by Gasteiger charge is 2.32. The van der Waals surface area contributed by atoms with Crippen molar-refractivity contribution in [1.82, 2.24) is 4.90 Å². The molecule has 0 spiro atoms. The zero-order valence-corrected chi connectivity index (χ0v) is 11.5. The van der Waals surface area contributed by atoms with Crippen LogP contribution in [0.5, 0.6) is 0 Å². The summed E-state index contributed by atoms with van der Waals surface area (Å²) >= 11 is 5.76.